The smallest absolute Gasteiger partial charge is 0.325 e. The van der Waals surface area contributed by atoms with E-state index in [1.165, 1.54) is 6.20 Å². The molecular formula is C8H10N2O4S. The van der Waals surface area contributed by atoms with Gasteiger partial charge < -0.3 is 10.1 Å². The van der Waals surface area contributed by atoms with E-state index in [9.17, 15) is 14.4 Å². The van der Waals surface area contributed by atoms with E-state index in [1.807, 2.05) is 4.98 Å². The van der Waals surface area contributed by atoms with Gasteiger partial charge in [-0.25, -0.2) is 4.79 Å². The Morgan fingerprint density at radius 3 is 2.73 bits per heavy atom. The summed E-state index contributed by atoms with van der Waals surface area (Å²) in [5.41, 5.74) is -1.17. The van der Waals surface area contributed by atoms with Crippen molar-refractivity contribution in [2.45, 2.75) is 23.5 Å². The number of hydrogen-bond acceptors (Lipinski definition) is 4. The van der Waals surface area contributed by atoms with E-state index in [4.69, 9.17) is 5.11 Å². The molecule has 0 saturated carbocycles. The molecule has 15 heavy (non-hydrogen) atoms. The summed E-state index contributed by atoms with van der Waals surface area (Å²) >= 11 is 0.919. The van der Waals surface area contributed by atoms with Crippen LogP contribution in [-0.2, 0) is 4.79 Å². The van der Waals surface area contributed by atoms with Crippen LogP contribution in [0.4, 0.5) is 0 Å². The van der Waals surface area contributed by atoms with E-state index >= 15 is 0 Å². The van der Waals surface area contributed by atoms with Gasteiger partial charge in [-0.1, -0.05) is 6.92 Å². The van der Waals surface area contributed by atoms with Crippen molar-refractivity contribution in [3.05, 3.63) is 27.0 Å². The number of aromatic amines is 2. The summed E-state index contributed by atoms with van der Waals surface area (Å²) in [6.45, 7) is 1.71. The normalized spacial score (nSPS) is 12.3. The summed E-state index contributed by atoms with van der Waals surface area (Å²) in [5, 5.41) is 8.09. The average Bonchev–Trinajstić information content (AvgIpc) is 2.16. The predicted octanol–water partition coefficient (Wildman–Crippen LogP) is 0.0185. The average molecular weight is 230 g/mol. The maximum Gasteiger partial charge on any atom is 0.325 e. The molecule has 0 fully saturated rings. The number of nitrogens with one attached hydrogen (secondary N) is 2. The summed E-state index contributed by atoms with van der Waals surface area (Å²) in [4.78, 5) is 37.1. The van der Waals surface area contributed by atoms with Gasteiger partial charge in [0.1, 0.15) is 5.25 Å². The maximum atomic E-state index is 11.2. The molecule has 0 bridgehead atoms. The molecular weight excluding hydrogens is 220 g/mol. The molecule has 3 N–H and O–H groups in total. The lowest BCUT2D eigenvalue weighted by Crippen LogP contribution is -2.24. The van der Waals surface area contributed by atoms with Crippen LogP contribution < -0.4 is 11.2 Å². The Kier molecular flexibility index (Phi) is 3.73. The van der Waals surface area contributed by atoms with Gasteiger partial charge in [-0.05, 0) is 6.42 Å². The molecule has 1 aromatic heterocycles. The molecule has 1 heterocycles. The van der Waals surface area contributed by atoms with Gasteiger partial charge in [-0.3, -0.25) is 14.6 Å². The van der Waals surface area contributed by atoms with Crippen molar-refractivity contribution in [3.8, 4) is 0 Å². The number of carbonyl (C=O) groups is 1. The van der Waals surface area contributed by atoms with Crippen LogP contribution in [-0.4, -0.2) is 26.3 Å². The van der Waals surface area contributed by atoms with Crippen LogP contribution in [0.2, 0.25) is 0 Å². The quantitative estimate of drug-likeness (QED) is 0.632. The van der Waals surface area contributed by atoms with Gasteiger partial charge in [0.2, 0.25) is 0 Å². The Labute approximate surface area is 88.7 Å². The van der Waals surface area contributed by atoms with Crippen molar-refractivity contribution >= 4 is 17.7 Å². The van der Waals surface area contributed by atoms with Crippen molar-refractivity contribution in [1.82, 2.24) is 9.97 Å². The fourth-order valence-electron chi connectivity index (χ4n) is 0.947. The maximum absolute atomic E-state index is 11.2. The van der Waals surface area contributed by atoms with Gasteiger partial charge in [0.25, 0.3) is 5.56 Å². The number of carboxylic acid groups (broad SMARTS) is 1. The highest BCUT2D eigenvalue weighted by molar-refractivity contribution is 8.00. The first-order valence-electron chi connectivity index (χ1n) is 4.26. The van der Waals surface area contributed by atoms with Crippen LogP contribution >= 0.6 is 11.8 Å². The summed E-state index contributed by atoms with van der Waals surface area (Å²) in [5.74, 6) is -0.979. The molecule has 82 valence electrons. The van der Waals surface area contributed by atoms with Gasteiger partial charge in [0, 0.05) is 6.20 Å². The number of carboxylic acids is 1. The number of thioether (sulfide) groups is 1. The molecule has 7 heteroatoms. The molecule has 0 aliphatic carbocycles. The number of aromatic nitrogens is 2. The SMILES string of the molecule is CCC(Sc1c[nH]c(=O)[nH]c1=O)C(=O)O. The first-order valence-corrected chi connectivity index (χ1v) is 5.14. The van der Waals surface area contributed by atoms with E-state index in [2.05, 4.69) is 4.98 Å². The molecule has 6 nitrogen and oxygen atoms in total. The zero-order valence-electron chi connectivity index (χ0n) is 7.94. The zero-order valence-corrected chi connectivity index (χ0v) is 8.76. The van der Waals surface area contributed by atoms with E-state index < -0.39 is 22.5 Å². The Morgan fingerprint density at radius 1 is 1.60 bits per heavy atom. The van der Waals surface area contributed by atoms with Crippen LogP contribution in [0.1, 0.15) is 13.3 Å². The summed E-state index contributed by atoms with van der Waals surface area (Å²) in [6.07, 6.45) is 1.62. The van der Waals surface area contributed by atoms with Crippen molar-refractivity contribution in [2.75, 3.05) is 0 Å². The third kappa shape index (κ3) is 2.98. The van der Waals surface area contributed by atoms with Crippen molar-refractivity contribution in [2.24, 2.45) is 0 Å². The minimum Gasteiger partial charge on any atom is -0.480 e. The lowest BCUT2D eigenvalue weighted by molar-refractivity contribution is -0.136. The molecule has 0 spiro atoms. The predicted molar refractivity (Wildman–Crippen MR) is 55.3 cm³/mol. The van der Waals surface area contributed by atoms with Crippen LogP contribution in [0.25, 0.3) is 0 Å². The van der Waals surface area contributed by atoms with E-state index in [0.29, 0.717) is 6.42 Å². The van der Waals surface area contributed by atoms with Gasteiger partial charge in [-0.2, -0.15) is 0 Å². The first-order chi connectivity index (χ1) is 7.04. The molecule has 1 atom stereocenters. The fourth-order valence-corrected chi connectivity index (χ4v) is 1.81. The molecule has 0 saturated heterocycles. The summed E-state index contributed by atoms with van der Waals surface area (Å²) in [6, 6.07) is 0. The summed E-state index contributed by atoms with van der Waals surface area (Å²) in [7, 11) is 0. The van der Waals surface area contributed by atoms with Crippen molar-refractivity contribution in [3.63, 3.8) is 0 Å². The third-order valence-corrected chi connectivity index (χ3v) is 3.08. The second-order valence-corrected chi connectivity index (χ2v) is 4.03. The topological polar surface area (TPSA) is 103 Å². The number of rotatable bonds is 4. The van der Waals surface area contributed by atoms with Gasteiger partial charge >= 0.3 is 11.7 Å². The minimum atomic E-state index is -0.979. The second kappa shape index (κ2) is 4.83. The molecule has 1 unspecified atom stereocenters. The molecule has 0 radical (unpaired) electrons. The summed E-state index contributed by atoms with van der Waals surface area (Å²) < 4.78 is 0. The second-order valence-electron chi connectivity index (χ2n) is 2.79. The first kappa shape index (κ1) is 11.6. The molecule has 1 rings (SSSR count). The Morgan fingerprint density at radius 2 is 2.27 bits per heavy atom. The highest BCUT2D eigenvalue weighted by Gasteiger charge is 2.18. The lowest BCUT2D eigenvalue weighted by Gasteiger charge is -2.07. The molecule has 0 aliphatic rings. The van der Waals surface area contributed by atoms with Crippen LogP contribution in [0.15, 0.2) is 20.7 Å². The van der Waals surface area contributed by atoms with Crippen molar-refractivity contribution in [1.29, 1.82) is 0 Å². The van der Waals surface area contributed by atoms with Crippen LogP contribution in [0.5, 0.6) is 0 Å². The van der Waals surface area contributed by atoms with Gasteiger partial charge in [0.05, 0.1) is 4.90 Å². The van der Waals surface area contributed by atoms with E-state index in [-0.39, 0.29) is 4.90 Å². The number of aliphatic carboxylic acids is 1. The zero-order chi connectivity index (χ0) is 11.4. The highest BCUT2D eigenvalue weighted by atomic mass is 32.2. The monoisotopic (exact) mass is 230 g/mol. The fraction of sp³-hybridized carbons (Fsp3) is 0.375. The molecule has 0 aromatic carbocycles. The Balaban J connectivity index is 2.94. The highest BCUT2D eigenvalue weighted by Crippen LogP contribution is 2.21. The van der Waals surface area contributed by atoms with Crippen LogP contribution in [0.3, 0.4) is 0 Å². The van der Waals surface area contributed by atoms with Gasteiger partial charge in [0.15, 0.2) is 0 Å². The lowest BCUT2D eigenvalue weighted by atomic mass is 10.3. The van der Waals surface area contributed by atoms with Crippen LogP contribution in [0, 0.1) is 0 Å². The molecule has 0 aliphatic heterocycles. The van der Waals surface area contributed by atoms with Gasteiger partial charge in [-0.15, -0.1) is 11.8 Å². The standard InChI is InChI=1S/C8H10N2O4S/c1-2-4(7(12)13)15-5-3-9-8(14)10-6(5)11/h3-4H,2H2,1H3,(H,12,13)(H2,9,10,11,14). The van der Waals surface area contributed by atoms with E-state index in [1.54, 1.807) is 6.92 Å². The number of hydrogen-bond donors (Lipinski definition) is 3. The van der Waals surface area contributed by atoms with E-state index in [0.717, 1.165) is 11.8 Å². The largest absolute Gasteiger partial charge is 0.480 e. The Bertz CT molecular complexity index is 464. The molecule has 0 amide bonds. The number of H-pyrrole nitrogens is 2. The van der Waals surface area contributed by atoms with Crippen molar-refractivity contribution < 1.29 is 9.90 Å². The Hall–Kier alpha value is -1.50. The third-order valence-electron chi connectivity index (χ3n) is 1.70. The molecule has 1 aromatic rings. The minimum absolute atomic E-state index is 0.198.